The zero-order valence-corrected chi connectivity index (χ0v) is 16.6. The normalized spacial score (nSPS) is 12.2. The van der Waals surface area contributed by atoms with Crippen LogP contribution in [0.1, 0.15) is 18.1 Å². The molecule has 0 saturated carbocycles. The van der Waals surface area contributed by atoms with Crippen molar-refractivity contribution in [1.29, 1.82) is 0 Å². The molecular weight excluding hydrogens is 417 g/mol. The Hall–Kier alpha value is -2.10. The van der Waals surface area contributed by atoms with E-state index in [0.717, 1.165) is 31.2 Å². The summed E-state index contributed by atoms with van der Waals surface area (Å²) >= 11 is 5.52. The van der Waals surface area contributed by atoms with Gasteiger partial charge in [-0.25, -0.2) is 8.42 Å². The van der Waals surface area contributed by atoms with Crippen LogP contribution in [0.3, 0.4) is 0 Å². The second-order valence-electron chi connectivity index (χ2n) is 6.00. The smallest absolute Gasteiger partial charge is 0.325 e. The monoisotopic (exact) mass is 434 g/mol. The molecule has 5 nitrogen and oxygen atoms in total. The van der Waals surface area contributed by atoms with Crippen LogP contribution < -0.4 is 5.32 Å². The van der Waals surface area contributed by atoms with Crippen molar-refractivity contribution in [1.82, 2.24) is 4.31 Å². The van der Waals surface area contributed by atoms with Crippen molar-refractivity contribution in [3.8, 4) is 0 Å². The predicted octanol–water partition coefficient (Wildman–Crippen LogP) is 4.18. The Balaban J connectivity index is 2.18. The van der Waals surface area contributed by atoms with E-state index in [1.165, 1.54) is 0 Å². The third kappa shape index (κ3) is 5.24. The summed E-state index contributed by atoms with van der Waals surface area (Å²) in [7, 11) is -3.21. The molecule has 0 spiro atoms. The van der Waals surface area contributed by atoms with Crippen LogP contribution in [0, 0.1) is 0 Å². The molecule has 0 aliphatic carbocycles. The van der Waals surface area contributed by atoms with Crippen molar-refractivity contribution in [3.05, 3.63) is 58.6 Å². The quantitative estimate of drug-likeness (QED) is 0.741. The highest BCUT2D eigenvalue weighted by Crippen LogP contribution is 2.36. The molecule has 1 N–H and O–H groups in total. The van der Waals surface area contributed by atoms with Gasteiger partial charge in [-0.15, -0.1) is 0 Å². The highest BCUT2D eigenvalue weighted by atomic mass is 35.5. The number of sulfonamides is 1. The predicted molar refractivity (Wildman–Crippen MR) is 101 cm³/mol. The highest BCUT2D eigenvalue weighted by molar-refractivity contribution is 7.89. The third-order valence-electron chi connectivity index (χ3n) is 3.94. The van der Waals surface area contributed by atoms with Gasteiger partial charge in [0.25, 0.3) is 0 Å². The van der Waals surface area contributed by atoms with Crippen LogP contribution in [0.15, 0.2) is 47.4 Å². The molecule has 2 rings (SSSR count). The first-order chi connectivity index (χ1) is 12.9. The van der Waals surface area contributed by atoms with Crippen molar-refractivity contribution in [2.75, 3.05) is 18.9 Å². The fourth-order valence-corrected chi connectivity index (χ4v) is 3.80. The number of rotatable bonds is 6. The first-order valence-electron chi connectivity index (χ1n) is 8.17. The first kappa shape index (κ1) is 22.2. The van der Waals surface area contributed by atoms with Gasteiger partial charge in [-0.3, -0.25) is 4.79 Å². The first-order valence-corrected chi connectivity index (χ1v) is 9.99. The van der Waals surface area contributed by atoms with Crippen molar-refractivity contribution < 1.29 is 26.4 Å². The third-order valence-corrected chi connectivity index (χ3v) is 6.07. The van der Waals surface area contributed by atoms with E-state index in [0.29, 0.717) is 16.1 Å². The molecule has 28 heavy (non-hydrogen) atoms. The maximum absolute atomic E-state index is 13.0. The lowest BCUT2D eigenvalue weighted by atomic mass is 10.1. The lowest BCUT2D eigenvalue weighted by molar-refractivity contribution is -0.137. The Labute approximate surface area is 166 Å². The number of likely N-dealkylation sites (N-methyl/N-ethyl adjacent to an activating group) is 1. The molecular formula is C18H18ClF3N2O3S. The van der Waals surface area contributed by atoms with Crippen LogP contribution in [-0.2, 0) is 27.4 Å². The van der Waals surface area contributed by atoms with Crippen LogP contribution in [-0.4, -0.2) is 32.2 Å². The van der Waals surface area contributed by atoms with Crippen molar-refractivity contribution >= 4 is 33.2 Å². The minimum atomic E-state index is -4.80. The van der Waals surface area contributed by atoms with Crippen molar-refractivity contribution in [2.24, 2.45) is 0 Å². The summed E-state index contributed by atoms with van der Waals surface area (Å²) in [6.07, 6.45) is -4.04. The average molecular weight is 435 g/mol. The van der Waals surface area contributed by atoms with E-state index in [1.807, 2.05) is 13.0 Å². The molecule has 0 saturated heterocycles. The Kier molecular flexibility index (Phi) is 6.74. The Morgan fingerprint density at radius 3 is 2.46 bits per heavy atom. The summed E-state index contributed by atoms with van der Waals surface area (Å²) in [5.41, 5.74) is 0.227. The lowest BCUT2D eigenvalue weighted by Gasteiger charge is -2.18. The number of anilines is 1. The standard InChI is InChI=1S/C18H18ClF3N2O3S/c1-3-12-5-4-6-13(9-12)23-17(25)11-24(2)28(26,27)14-7-8-16(19)15(10-14)18(20,21)22/h4-10H,3,11H2,1-2H3,(H,23,25). The minimum Gasteiger partial charge on any atom is -0.325 e. The second-order valence-corrected chi connectivity index (χ2v) is 8.45. The summed E-state index contributed by atoms with van der Waals surface area (Å²) in [6.45, 7) is 1.38. The number of nitrogens with zero attached hydrogens (tertiary/aromatic N) is 1. The SMILES string of the molecule is CCc1cccc(NC(=O)CN(C)S(=O)(=O)c2ccc(Cl)c(C(F)(F)F)c2)c1. The number of nitrogens with one attached hydrogen (secondary N) is 1. The van der Waals surface area contributed by atoms with Crippen LogP contribution in [0.2, 0.25) is 5.02 Å². The number of amides is 1. The molecule has 0 aliphatic rings. The number of carbonyl (C=O) groups excluding carboxylic acids is 1. The molecule has 0 unspecified atom stereocenters. The second kappa shape index (κ2) is 8.50. The van der Waals surface area contributed by atoms with E-state index in [-0.39, 0.29) is 0 Å². The summed E-state index contributed by atoms with van der Waals surface area (Å²) in [4.78, 5) is 11.6. The molecule has 0 aromatic heterocycles. The average Bonchev–Trinajstić information content (AvgIpc) is 2.60. The zero-order valence-electron chi connectivity index (χ0n) is 15.0. The van der Waals surface area contributed by atoms with Gasteiger partial charge in [-0.1, -0.05) is 30.7 Å². The van der Waals surface area contributed by atoms with E-state index < -0.39 is 44.1 Å². The lowest BCUT2D eigenvalue weighted by Crippen LogP contribution is -2.35. The Bertz CT molecular complexity index is 978. The van der Waals surface area contributed by atoms with Gasteiger partial charge in [0.15, 0.2) is 0 Å². The number of aryl methyl sites for hydroxylation is 1. The van der Waals surface area contributed by atoms with Gasteiger partial charge >= 0.3 is 6.18 Å². The molecule has 0 radical (unpaired) electrons. The number of benzene rings is 2. The summed E-state index contributed by atoms with van der Waals surface area (Å²) < 4.78 is 64.7. The van der Waals surface area contributed by atoms with Crippen LogP contribution >= 0.6 is 11.6 Å². The topological polar surface area (TPSA) is 66.5 Å². The van der Waals surface area contributed by atoms with Crippen molar-refractivity contribution in [3.63, 3.8) is 0 Å². The molecule has 0 bridgehead atoms. The number of hydrogen-bond donors (Lipinski definition) is 1. The molecule has 1 amide bonds. The Morgan fingerprint density at radius 2 is 1.86 bits per heavy atom. The van der Waals surface area contributed by atoms with Gasteiger partial charge in [0.1, 0.15) is 0 Å². The highest BCUT2D eigenvalue weighted by Gasteiger charge is 2.35. The van der Waals surface area contributed by atoms with Crippen molar-refractivity contribution in [2.45, 2.75) is 24.4 Å². The van der Waals surface area contributed by atoms with Crippen LogP contribution in [0.5, 0.6) is 0 Å². The van der Waals surface area contributed by atoms with E-state index in [2.05, 4.69) is 5.32 Å². The maximum Gasteiger partial charge on any atom is 0.417 e. The number of alkyl halides is 3. The Morgan fingerprint density at radius 1 is 1.18 bits per heavy atom. The maximum atomic E-state index is 13.0. The van der Waals surface area contributed by atoms with Gasteiger partial charge in [0.05, 0.1) is 22.0 Å². The number of halogens is 4. The summed E-state index contributed by atoms with van der Waals surface area (Å²) in [5, 5.41) is 1.96. The molecule has 152 valence electrons. The van der Waals surface area contributed by atoms with E-state index in [1.54, 1.807) is 18.2 Å². The van der Waals surface area contributed by atoms with E-state index in [9.17, 15) is 26.4 Å². The van der Waals surface area contributed by atoms with E-state index in [4.69, 9.17) is 11.6 Å². The molecule has 0 atom stereocenters. The largest absolute Gasteiger partial charge is 0.417 e. The van der Waals surface area contributed by atoms with Gasteiger partial charge in [0.2, 0.25) is 15.9 Å². The van der Waals surface area contributed by atoms with Gasteiger partial charge in [-0.05, 0) is 42.3 Å². The fraction of sp³-hybridized carbons (Fsp3) is 0.278. The molecule has 0 aliphatic heterocycles. The summed E-state index contributed by atoms with van der Waals surface area (Å²) in [5.74, 6) is -0.621. The van der Waals surface area contributed by atoms with Crippen LogP contribution in [0.4, 0.5) is 18.9 Å². The van der Waals surface area contributed by atoms with Gasteiger partial charge < -0.3 is 5.32 Å². The molecule has 0 heterocycles. The van der Waals surface area contributed by atoms with E-state index >= 15 is 0 Å². The molecule has 2 aromatic carbocycles. The summed E-state index contributed by atoms with van der Waals surface area (Å²) in [6, 6.07) is 9.32. The molecule has 0 fully saturated rings. The molecule has 2 aromatic rings. The van der Waals surface area contributed by atoms with Gasteiger partial charge in [-0.2, -0.15) is 17.5 Å². The fourth-order valence-electron chi connectivity index (χ4n) is 2.42. The number of carbonyl (C=O) groups is 1. The number of hydrogen-bond acceptors (Lipinski definition) is 3. The van der Waals surface area contributed by atoms with Crippen LogP contribution in [0.25, 0.3) is 0 Å². The molecule has 10 heteroatoms. The minimum absolute atomic E-state index is 0.455. The zero-order chi connectivity index (χ0) is 21.1. The van der Waals surface area contributed by atoms with Gasteiger partial charge in [0, 0.05) is 12.7 Å².